The lowest BCUT2D eigenvalue weighted by atomic mass is 10.0. The van der Waals surface area contributed by atoms with Gasteiger partial charge in [-0.2, -0.15) is 0 Å². The molecular formula is C29H40N2O3S. The van der Waals surface area contributed by atoms with Crippen molar-refractivity contribution in [3.8, 4) is 0 Å². The molecule has 0 fully saturated rings. The summed E-state index contributed by atoms with van der Waals surface area (Å²) in [4.78, 5) is 40.1. The second kappa shape index (κ2) is 14.7. The van der Waals surface area contributed by atoms with Crippen LogP contribution in [0.4, 0.5) is 0 Å². The van der Waals surface area contributed by atoms with Crippen LogP contribution in [0.1, 0.15) is 52.2 Å². The van der Waals surface area contributed by atoms with Crippen LogP contribution in [0, 0.1) is 5.92 Å². The highest BCUT2D eigenvalue weighted by atomic mass is 32.2. The fourth-order valence-corrected chi connectivity index (χ4v) is 4.78. The molecule has 2 rings (SSSR count). The van der Waals surface area contributed by atoms with Crippen molar-refractivity contribution in [2.45, 2.75) is 71.2 Å². The molecule has 0 aliphatic rings. The zero-order valence-electron chi connectivity index (χ0n) is 21.7. The van der Waals surface area contributed by atoms with Crippen LogP contribution in [0.3, 0.4) is 0 Å². The van der Waals surface area contributed by atoms with Crippen molar-refractivity contribution < 1.29 is 14.4 Å². The molecule has 1 N–H and O–H groups in total. The number of carbonyl (C=O) groups is 3. The maximum Gasteiger partial charge on any atom is 0.245 e. The number of nitrogens with one attached hydrogen (secondary N) is 1. The van der Waals surface area contributed by atoms with Crippen LogP contribution < -0.4 is 5.32 Å². The average molecular weight is 497 g/mol. The molecule has 0 spiro atoms. The zero-order valence-corrected chi connectivity index (χ0v) is 22.5. The Labute approximate surface area is 215 Å². The number of hydrogen-bond acceptors (Lipinski definition) is 4. The van der Waals surface area contributed by atoms with Crippen molar-refractivity contribution in [2.75, 3.05) is 12.3 Å². The highest BCUT2D eigenvalue weighted by Gasteiger charge is 2.29. The number of hydrogen-bond donors (Lipinski definition) is 1. The summed E-state index contributed by atoms with van der Waals surface area (Å²) >= 11 is 1.35. The monoisotopic (exact) mass is 496 g/mol. The number of ketones is 1. The van der Waals surface area contributed by atoms with Crippen LogP contribution in [0.2, 0.25) is 0 Å². The van der Waals surface area contributed by atoms with E-state index in [0.29, 0.717) is 18.9 Å². The largest absolute Gasteiger partial charge is 0.344 e. The fraction of sp³-hybridized carbons (Fsp3) is 0.483. The molecule has 6 heteroatoms. The quantitative estimate of drug-likeness (QED) is 0.403. The van der Waals surface area contributed by atoms with E-state index < -0.39 is 11.3 Å². The van der Waals surface area contributed by atoms with Crippen LogP contribution in [0.5, 0.6) is 0 Å². The molecule has 3 unspecified atom stereocenters. The minimum absolute atomic E-state index is 0.0366. The molecule has 5 nitrogen and oxygen atoms in total. The third-order valence-corrected chi connectivity index (χ3v) is 7.70. The number of benzene rings is 2. The van der Waals surface area contributed by atoms with E-state index in [1.54, 1.807) is 6.92 Å². The molecule has 2 aromatic rings. The standard InChI is InChI=1S/C29H40N2O3S/c1-21(2)24(5)31(19-18-26-14-10-7-11-15-26)29(34)23(4)30-28(33)27(35-20-22(3)32)17-16-25-12-8-6-9-13-25/h6-15,21,23-24,27H,16-20H2,1-5H3,(H,30,33). The van der Waals surface area contributed by atoms with Gasteiger partial charge in [0.1, 0.15) is 11.8 Å². The van der Waals surface area contributed by atoms with E-state index in [4.69, 9.17) is 0 Å². The maximum atomic E-state index is 13.5. The highest BCUT2D eigenvalue weighted by molar-refractivity contribution is 8.01. The molecule has 2 aromatic carbocycles. The number of carbonyl (C=O) groups excluding carboxylic acids is 3. The van der Waals surface area contributed by atoms with E-state index >= 15 is 0 Å². The van der Waals surface area contributed by atoms with Crippen molar-refractivity contribution in [1.29, 1.82) is 0 Å². The van der Waals surface area contributed by atoms with Gasteiger partial charge in [0.15, 0.2) is 0 Å². The maximum absolute atomic E-state index is 13.5. The zero-order chi connectivity index (χ0) is 25.8. The Balaban J connectivity index is 2.06. The van der Waals surface area contributed by atoms with Gasteiger partial charge in [-0.15, -0.1) is 11.8 Å². The molecule has 0 aliphatic carbocycles. The predicted octanol–water partition coefficient (Wildman–Crippen LogP) is 4.93. The molecule has 0 aromatic heterocycles. The van der Waals surface area contributed by atoms with Crippen LogP contribution in [0.25, 0.3) is 0 Å². The number of nitrogens with zero attached hydrogens (tertiary/aromatic N) is 1. The number of thioether (sulfide) groups is 1. The van der Waals surface area contributed by atoms with Gasteiger partial charge < -0.3 is 10.2 Å². The second-order valence-corrected chi connectivity index (χ2v) is 10.7. The smallest absolute Gasteiger partial charge is 0.245 e. The number of amides is 2. The number of rotatable bonds is 14. The van der Waals surface area contributed by atoms with Crippen molar-refractivity contribution in [3.63, 3.8) is 0 Å². The minimum atomic E-state index is -0.642. The first-order valence-corrected chi connectivity index (χ1v) is 13.5. The van der Waals surface area contributed by atoms with Crippen molar-refractivity contribution in [3.05, 3.63) is 71.8 Å². The Bertz CT molecular complexity index is 933. The Kier molecular flexibility index (Phi) is 12.0. The minimum Gasteiger partial charge on any atom is -0.344 e. The summed E-state index contributed by atoms with van der Waals surface area (Å²) in [5, 5.41) is 2.56. The van der Waals surface area contributed by atoms with Gasteiger partial charge in [-0.1, -0.05) is 74.5 Å². The van der Waals surface area contributed by atoms with E-state index in [-0.39, 0.29) is 29.4 Å². The van der Waals surface area contributed by atoms with Crippen molar-refractivity contribution in [1.82, 2.24) is 10.2 Å². The average Bonchev–Trinajstić information content (AvgIpc) is 2.84. The first-order chi connectivity index (χ1) is 16.7. The first-order valence-electron chi connectivity index (χ1n) is 12.5. The summed E-state index contributed by atoms with van der Waals surface area (Å²) in [5.74, 6) is 0.349. The summed E-state index contributed by atoms with van der Waals surface area (Å²) in [5.41, 5.74) is 2.33. The molecular weight excluding hydrogens is 456 g/mol. The van der Waals surface area contributed by atoms with E-state index in [1.807, 2.05) is 53.4 Å². The third-order valence-electron chi connectivity index (χ3n) is 6.27. The molecule has 0 saturated heterocycles. The lowest BCUT2D eigenvalue weighted by molar-refractivity contribution is -0.138. The van der Waals surface area contributed by atoms with E-state index in [9.17, 15) is 14.4 Å². The lowest BCUT2D eigenvalue weighted by Gasteiger charge is -2.34. The molecule has 3 atom stereocenters. The Hall–Kier alpha value is -2.60. The summed E-state index contributed by atoms with van der Waals surface area (Å²) in [6, 6.07) is 19.5. The van der Waals surface area contributed by atoms with Crippen LogP contribution in [0.15, 0.2) is 60.7 Å². The summed E-state index contributed by atoms with van der Waals surface area (Å²) in [6.07, 6.45) is 2.10. The van der Waals surface area contributed by atoms with Gasteiger partial charge in [0.25, 0.3) is 0 Å². The molecule has 0 saturated carbocycles. The molecule has 0 aliphatic heterocycles. The van der Waals surface area contributed by atoms with Crippen LogP contribution >= 0.6 is 11.8 Å². The topological polar surface area (TPSA) is 66.5 Å². The fourth-order valence-electron chi connectivity index (χ4n) is 3.84. The first kappa shape index (κ1) is 28.6. The molecule has 2 amide bonds. The van der Waals surface area contributed by atoms with Gasteiger partial charge in [0.05, 0.1) is 11.0 Å². The van der Waals surface area contributed by atoms with Gasteiger partial charge in [-0.05, 0) is 57.1 Å². The van der Waals surface area contributed by atoms with E-state index in [1.165, 1.54) is 24.2 Å². The molecule has 0 heterocycles. The predicted molar refractivity (Wildman–Crippen MR) is 145 cm³/mol. The third kappa shape index (κ3) is 9.88. The highest BCUT2D eigenvalue weighted by Crippen LogP contribution is 2.19. The lowest BCUT2D eigenvalue weighted by Crippen LogP contribution is -2.53. The van der Waals surface area contributed by atoms with Crippen LogP contribution in [-0.4, -0.2) is 52.1 Å². The molecule has 190 valence electrons. The Morgan fingerprint density at radius 2 is 1.40 bits per heavy atom. The van der Waals surface area contributed by atoms with Gasteiger partial charge in [0, 0.05) is 12.6 Å². The number of aryl methyl sites for hydroxylation is 1. The van der Waals surface area contributed by atoms with Gasteiger partial charge in [-0.25, -0.2) is 0 Å². The van der Waals surface area contributed by atoms with Gasteiger partial charge in [-0.3, -0.25) is 14.4 Å². The van der Waals surface area contributed by atoms with E-state index in [0.717, 1.165) is 18.4 Å². The molecule has 0 radical (unpaired) electrons. The second-order valence-electron chi connectivity index (χ2n) is 9.51. The Morgan fingerprint density at radius 3 is 1.91 bits per heavy atom. The number of Topliss-reactive ketones (excluding diaryl/α,β-unsaturated/α-hetero) is 1. The van der Waals surface area contributed by atoms with Crippen molar-refractivity contribution in [2.24, 2.45) is 5.92 Å². The molecule has 35 heavy (non-hydrogen) atoms. The summed E-state index contributed by atoms with van der Waals surface area (Å²) in [6.45, 7) is 10.2. The van der Waals surface area contributed by atoms with Gasteiger partial charge in [0.2, 0.25) is 11.8 Å². The summed E-state index contributed by atoms with van der Waals surface area (Å²) in [7, 11) is 0. The Morgan fingerprint density at radius 1 is 0.857 bits per heavy atom. The SMILES string of the molecule is CC(=O)CSC(CCc1ccccc1)C(=O)NC(C)C(=O)N(CCc1ccccc1)C(C)C(C)C. The summed E-state index contributed by atoms with van der Waals surface area (Å²) < 4.78 is 0. The van der Waals surface area contributed by atoms with Gasteiger partial charge >= 0.3 is 0 Å². The van der Waals surface area contributed by atoms with Crippen LogP contribution in [-0.2, 0) is 27.2 Å². The molecule has 0 bridgehead atoms. The van der Waals surface area contributed by atoms with E-state index in [2.05, 4.69) is 38.2 Å². The van der Waals surface area contributed by atoms with Crippen molar-refractivity contribution >= 4 is 29.4 Å². The normalized spacial score (nSPS) is 13.7.